The molecule has 8 heteroatoms. The number of carbonyl (C=O) groups is 4. The highest BCUT2D eigenvalue weighted by Gasteiger charge is 2.47. The summed E-state index contributed by atoms with van der Waals surface area (Å²) in [6.07, 6.45) is 5.16. The van der Waals surface area contributed by atoms with Crippen molar-refractivity contribution in [2.45, 2.75) is 45.6 Å². The summed E-state index contributed by atoms with van der Waals surface area (Å²) in [5, 5.41) is 0.619. The van der Waals surface area contributed by atoms with Gasteiger partial charge in [-0.05, 0) is 61.6 Å². The quantitative estimate of drug-likeness (QED) is 0.0848. The third kappa shape index (κ3) is 5.39. The molecule has 2 aliphatic rings. The molecular formula is C36H31BrN2O5. The Balaban J connectivity index is 1.36. The molecule has 222 valence electrons. The number of benzene rings is 3. The number of aromatic nitrogens is 1. The summed E-state index contributed by atoms with van der Waals surface area (Å²) in [6, 6.07) is 21.4. The molecular weight excluding hydrogens is 620 g/mol. The van der Waals surface area contributed by atoms with Gasteiger partial charge >= 0.3 is 5.97 Å². The second-order valence-corrected chi connectivity index (χ2v) is 12.0. The molecule has 1 aliphatic carbocycles. The van der Waals surface area contributed by atoms with Gasteiger partial charge in [0.1, 0.15) is 0 Å². The van der Waals surface area contributed by atoms with Crippen LogP contribution in [0.4, 0.5) is 5.69 Å². The molecule has 7 nitrogen and oxygen atoms in total. The van der Waals surface area contributed by atoms with E-state index < -0.39 is 12.1 Å². The first-order chi connectivity index (χ1) is 21.3. The fraction of sp³-hybridized carbons (Fsp3) is 0.250. The number of halogens is 1. The van der Waals surface area contributed by atoms with Gasteiger partial charge in [-0.15, -0.1) is 0 Å². The molecule has 44 heavy (non-hydrogen) atoms. The Morgan fingerprint density at radius 3 is 2.20 bits per heavy atom. The van der Waals surface area contributed by atoms with Crippen molar-refractivity contribution in [2.75, 3.05) is 4.90 Å². The molecule has 0 radical (unpaired) electrons. The highest BCUT2D eigenvalue weighted by Crippen LogP contribution is 2.38. The van der Waals surface area contributed by atoms with Crippen LogP contribution in [0.3, 0.4) is 0 Å². The lowest BCUT2D eigenvalue weighted by Crippen LogP contribution is -2.30. The molecule has 0 spiro atoms. The second kappa shape index (κ2) is 12.3. The zero-order valence-corrected chi connectivity index (χ0v) is 26.0. The third-order valence-corrected chi connectivity index (χ3v) is 8.92. The second-order valence-electron chi connectivity index (χ2n) is 11.1. The van der Waals surface area contributed by atoms with Crippen molar-refractivity contribution in [2.24, 2.45) is 11.8 Å². The maximum absolute atomic E-state index is 13.8. The minimum absolute atomic E-state index is 0.167. The summed E-state index contributed by atoms with van der Waals surface area (Å²) in [4.78, 5) is 59.4. The number of nitrogens with zero attached hydrogens (tertiary/aromatic N) is 2. The van der Waals surface area contributed by atoms with E-state index >= 15 is 0 Å². The minimum atomic E-state index is -0.942. The summed E-state index contributed by atoms with van der Waals surface area (Å²) in [5.74, 6) is -1.83. The molecule has 1 aromatic heterocycles. The Kier molecular flexibility index (Phi) is 8.27. The Morgan fingerprint density at radius 1 is 0.932 bits per heavy atom. The van der Waals surface area contributed by atoms with E-state index in [9.17, 15) is 19.2 Å². The summed E-state index contributed by atoms with van der Waals surface area (Å²) < 4.78 is 6.66. The standard InChI is InChI=1S/C36H31BrN2O5/c1-3-21-18-24(37)19-28-29(36(43)44-31(4-2)33(40)23-10-6-5-7-11-23)20-30(38-32(21)28)22-14-16-25(17-15-22)39-34(41)26-12-8-9-13-27(26)35(39)42/h5-11,14-20,26-27,31H,3-4,12-13H2,1-2H3. The lowest BCUT2D eigenvalue weighted by atomic mass is 9.85. The summed E-state index contributed by atoms with van der Waals surface area (Å²) in [6.45, 7) is 3.83. The number of ketones is 1. The summed E-state index contributed by atoms with van der Waals surface area (Å²) >= 11 is 3.56. The van der Waals surface area contributed by atoms with Gasteiger partial charge in [-0.2, -0.15) is 0 Å². The highest BCUT2D eigenvalue weighted by atomic mass is 79.9. The Labute approximate surface area is 264 Å². The molecule has 0 N–H and O–H groups in total. The summed E-state index contributed by atoms with van der Waals surface area (Å²) in [5.41, 5.74) is 4.14. The molecule has 0 bridgehead atoms. The first kappa shape index (κ1) is 29.6. The molecule has 1 fully saturated rings. The van der Waals surface area contributed by atoms with Crippen molar-refractivity contribution in [3.8, 4) is 11.3 Å². The van der Waals surface area contributed by atoms with Crippen LogP contribution in [-0.2, 0) is 20.7 Å². The normalized spacial score (nSPS) is 18.4. The van der Waals surface area contributed by atoms with Crippen molar-refractivity contribution in [1.29, 1.82) is 0 Å². The summed E-state index contributed by atoms with van der Waals surface area (Å²) in [7, 11) is 0. The van der Waals surface area contributed by atoms with Crippen molar-refractivity contribution >= 4 is 56.1 Å². The van der Waals surface area contributed by atoms with Crippen LogP contribution in [-0.4, -0.2) is 34.7 Å². The van der Waals surface area contributed by atoms with Crippen LogP contribution >= 0.6 is 15.9 Å². The van der Waals surface area contributed by atoms with Gasteiger partial charge in [0.05, 0.1) is 34.3 Å². The number of pyridine rings is 1. The van der Waals surface area contributed by atoms with E-state index in [-0.39, 0.29) is 29.4 Å². The van der Waals surface area contributed by atoms with E-state index in [4.69, 9.17) is 9.72 Å². The predicted molar refractivity (Wildman–Crippen MR) is 172 cm³/mol. The number of fused-ring (bicyclic) bond motifs is 2. The van der Waals surface area contributed by atoms with Gasteiger partial charge in [0.25, 0.3) is 0 Å². The van der Waals surface area contributed by atoms with Crippen molar-refractivity contribution in [3.05, 3.63) is 106 Å². The fourth-order valence-electron chi connectivity index (χ4n) is 6.09. The number of Topliss-reactive ketones (excluding diaryl/α,β-unsaturated/α-hetero) is 1. The van der Waals surface area contributed by atoms with Crippen LogP contribution in [0.2, 0.25) is 0 Å². The first-order valence-corrected chi connectivity index (χ1v) is 15.7. The van der Waals surface area contributed by atoms with Gasteiger partial charge in [-0.3, -0.25) is 19.3 Å². The number of imide groups is 1. The van der Waals surface area contributed by atoms with Gasteiger partial charge in [0, 0.05) is 21.0 Å². The number of hydrogen-bond acceptors (Lipinski definition) is 6. The molecule has 6 rings (SSSR count). The van der Waals surface area contributed by atoms with Crippen molar-refractivity contribution in [1.82, 2.24) is 4.98 Å². The van der Waals surface area contributed by atoms with Gasteiger partial charge in [0.2, 0.25) is 17.6 Å². The van der Waals surface area contributed by atoms with Crippen LogP contribution in [0.1, 0.15) is 59.4 Å². The molecule has 3 unspecified atom stereocenters. The lowest BCUT2D eigenvalue weighted by molar-refractivity contribution is -0.122. The fourth-order valence-corrected chi connectivity index (χ4v) is 6.59. The maximum atomic E-state index is 13.8. The topological polar surface area (TPSA) is 93.6 Å². The van der Waals surface area contributed by atoms with Crippen LogP contribution in [0, 0.1) is 11.8 Å². The Bertz CT molecular complexity index is 1790. The van der Waals surface area contributed by atoms with Crippen LogP contribution in [0.15, 0.2) is 89.4 Å². The number of hydrogen-bond donors (Lipinski definition) is 0. The van der Waals surface area contributed by atoms with Crippen LogP contribution in [0.25, 0.3) is 22.2 Å². The highest BCUT2D eigenvalue weighted by molar-refractivity contribution is 9.10. The lowest BCUT2D eigenvalue weighted by Gasteiger charge is -2.18. The molecule has 0 saturated carbocycles. The third-order valence-electron chi connectivity index (χ3n) is 8.46. The molecule has 3 atom stereocenters. The number of allylic oxidation sites excluding steroid dienone is 2. The van der Waals surface area contributed by atoms with E-state index in [1.807, 2.05) is 44.2 Å². The molecule has 4 aromatic rings. The monoisotopic (exact) mass is 650 g/mol. The smallest absolute Gasteiger partial charge is 0.339 e. The Hall–Kier alpha value is -4.43. The number of amides is 2. The number of rotatable bonds is 8. The molecule has 3 aromatic carbocycles. The zero-order chi connectivity index (χ0) is 31.0. The van der Waals surface area contributed by atoms with E-state index in [0.717, 1.165) is 10.0 Å². The SMILES string of the molecule is CCc1cc(Br)cc2c(C(=O)OC(CC)C(=O)c3ccccc3)cc(-c3ccc(N4C(=O)C5CC=CCC5C4=O)cc3)nc12. The van der Waals surface area contributed by atoms with Gasteiger partial charge in [0.15, 0.2) is 6.10 Å². The number of esters is 1. The van der Waals surface area contributed by atoms with Crippen molar-refractivity contribution < 1.29 is 23.9 Å². The van der Waals surface area contributed by atoms with E-state index in [1.54, 1.807) is 54.6 Å². The van der Waals surface area contributed by atoms with Gasteiger partial charge in [-0.25, -0.2) is 9.78 Å². The first-order valence-electron chi connectivity index (χ1n) is 14.9. The van der Waals surface area contributed by atoms with Gasteiger partial charge in [-0.1, -0.05) is 84.4 Å². The maximum Gasteiger partial charge on any atom is 0.339 e. The number of ether oxygens (including phenoxy) is 1. The molecule has 2 amide bonds. The van der Waals surface area contributed by atoms with E-state index in [0.29, 0.717) is 64.7 Å². The number of anilines is 1. The van der Waals surface area contributed by atoms with Crippen LogP contribution < -0.4 is 4.90 Å². The molecule has 2 heterocycles. The zero-order valence-electron chi connectivity index (χ0n) is 24.5. The van der Waals surface area contributed by atoms with E-state index in [1.165, 1.54) is 4.90 Å². The number of aryl methyl sites for hydroxylation is 1. The average Bonchev–Trinajstić information content (AvgIpc) is 3.31. The predicted octanol–water partition coefficient (Wildman–Crippen LogP) is 7.50. The largest absolute Gasteiger partial charge is 0.450 e. The number of carbonyl (C=O) groups excluding carboxylic acids is 4. The van der Waals surface area contributed by atoms with Crippen LogP contribution in [0.5, 0.6) is 0 Å². The Morgan fingerprint density at radius 2 is 1.59 bits per heavy atom. The van der Waals surface area contributed by atoms with Gasteiger partial charge < -0.3 is 4.74 Å². The molecule has 1 aliphatic heterocycles. The average molecular weight is 652 g/mol. The minimum Gasteiger partial charge on any atom is -0.450 e. The van der Waals surface area contributed by atoms with E-state index in [2.05, 4.69) is 15.9 Å². The van der Waals surface area contributed by atoms with Crippen molar-refractivity contribution in [3.63, 3.8) is 0 Å². The molecule has 1 saturated heterocycles.